The van der Waals surface area contributed by atoms with E-state index in [1.807, 2.05) is 42.5 Å². The number of halogens is 1. The lowest BCUT2D eigenvalue weighted by molar-refractivity contribution is -0.111. The van der Waals surface area contributed by atoms with Gasteiger partial charge in [0.25, 0.3) is 5.56 Å². The maximum Gasteiger partial charge on any atom is 0.255 e. The molecule has 23 heavy (non-hydrogen) atoms. The van der Waals surface area contributed by atoms with Crippen LogP contribution in [0.5, 0.6) is 0 Å². The predicted octanol–water partition coefficient (Wildman–Crippen LogP) is 3.94. The third kappa shape index (κ3) is 3.57. The van der Waals surface area contributed by atoms with Crippen molar-refractivity contribution in [1.82, 2.24) is 4.98 Å². The molecule has 114 valence electrons. The average molecular weight is 369 g/mol. The van der Waals surface area contributed by atoms with E-state index < -0.39 is 0 Å². The van der Waals surface area contributed by atoms with Gasteiger partial charge in [0.15, 0.2) is 0 Å². The van der Waals surface area contributed by atoms with Crippen LogP contribution in [0.3, 0.4) is 0 Å². The Balaban J connectivity index is 1.82. The number of aromatic amines is 1. The smallest absolute Gasteiger partial charge is 0.255 e. The van der Waals surface area contributed by atoms with Gasteiger partial charge in [-0.15, -0.1) is 0 Å². The molecular formula is C18H13BrN2O2. The number of fused-ring (bicyclic) bond motifs is 1. The topological polar surface area (TPSA) is 62.0 Å². The highest BCUT2D eigenvalue weighted by Crippen LogP contribution is 2.21. The molecule has 0 saturated carbocycles. The van der Waals surface area contributed by atoms with Crippen LogP contribution in [0, 0.1) is 0 Å². The van der Waals surface area contributed by atoms with Crippen LogP contribution < -0.4 is 10.9 Å². The monoisotopic (exact) mass is 368 g/mol. The summed E-state index contributed by atoms with van der Waals surface area (Å²) in [5, 5.41) is 3.67. The number of aromatic nitrogens is 1. The fraction of sp³-hybridized carbons (Fsp3) is 0. The first-order chi connectivity index (χ1) is 11.1. The number of nitrogens with one attached hydrogen (secondary N) is 2. The highest BCUT2D eigenvalue weighted by molar-refractivity contribution is 9.10. The van der Waals surface area contributed by atoms with Crippen molar-refractivity contribution in [3.8, 4) is 0 Å². The zero-order chi connectivity index (χ0) is 16.2. The van der Waals surface area contributed by atoms with E-state index in [-0.39, 0.29) is 11.5 Å². The summed E-state index contributed by atoms with van der Waals surface area (Å²) < 4.78 is 0.797. The first kappa shape index (κ1) is 15.2. The van der Waals surface area contributed by atoms with Gasteiger partial charge in [-0.3, -0.25) is 9.59 Å². The van der Waals surface area contributed by atoms with Gasteiger partial charge in [-0.05, 0) is 51.7 Å². The molecule has 3 rings (SSSR count). The zero-order valence-corrected chi connectivity index (χ0v) is 13.6. The highest BCUT2D eigenvalue weighted by atomic mass is 79.9. The molecule has 0 radical (unpaired) electrons. The van der Waals surface area contributed by atoms with Crippen LogP contribution in [0.25, 0.3) is 17.0 Å². The summed E-state index contributed by atoms with van der Waals surface area (Å²) in [6, 6.07) is 16.6. The molecule has 4 nitrogen and oxygen atoms in total. The summed E-state index contributed by atoms with van der Waals surface area (Å²) in [6.45, 7) is 0. The van der Waals surface area contributed by atoms with E-state index >= 15 is 0 Å². The largest absolute Gasteiger partial charge is 0.321 e. The van der Waals surface area contributed by atoms with Gasteiger partial charge in [0.2, 0.25) is 5.91 Å². The molecule has 0 aliphatic carbocycles. The lowest BCUT2D eigenvalue weighted by atomic mass is 10.1. The number of para-hydroxylation sites is 2. The number of benzene rings is 2. The Hall–Kier alpha value is -2.66. The maximum atomic E-state index is 12.0. The lowest BCUT2D eigenvalue weighted by Crippen LogP contribution is -2.11. The Bertz CT molecular complexity index is 960. The van der Waals surface area contributed by atoms with Crippen molar-refractivity contribution >= 4 is 44.5 Å². The SMILES string of the molecule is O=C(/C=C/c1cc2ccccc2[nH]c1=O)Nc1ccccc1Br. The van der Waals surface area contributed by atoms with Crippen LogP contribution in [0.2, 0.25) is 0 Å². The molecule has 1 heterocycles. The molecule has 0 bridgehead atoms. The summed E-state index contributed by atoms with van der Waals surface area (Å²) in [6.07, 6.45) is 2.86. The van der Waals surface area contributed by atoms with Crippen molar-refractivity contribution in [2.45, 2.75) is 0 Å². The van der Waals surface area contributed by atoms with E-state index in [9.17, 15) is 9.59 Å². The van der Waals surface area contributed by atoms with Crippen molar-refractivity contribution in [2.75, 3.05) is 5.32 Å². The fourth-order valence-corrected chi connectivity index (χ4v) is 2.57. The molecule has 2 aromatic carbocycles. The summed E-state index contributed by atoms with van der Waals surface area (Å²) in [7, 11) is 0. The minimum Gasteiger partial charge on any atom is -0.321 e. The maximum absolute atomic E-state index is 12.0. The van der Waals surface area contributed by atoms with Gasteiger partial charge in [-0.25, -0.2) is 0 Å². The number of hydrogen-bond acceptors (Lipinski definition) is 2. The minimum atomic E-state index is -0.301. The van der Waals surface area contributed by atoms with Crippen molar-refractivity contribution in [1.29, 1.82) is 0 Å². The molecule has 0 fully saturated rings. The summed E-state index contributed by atoms with van der Waals surface area (Å²) in [5.74, 6) is -0.301. The molecule has 1 amide bonds. The van der Waals surface area contributed by atoms with E-state index in [1.165, 1.54) is 12.2 Å². The molecule has 1 aromatic heterocycles. The first-order valence-electron chi connectivity index (χ1n) is 6.99. The standard InChI is InChI=1S/C18H13BrN2O2/c19-14-6-2-4-8-16(14)20-17(22)10-9-13-11-12-5-1-3-7-15(12)21-18(13)23/h1-11H,(H,20,22)(H,21,23)/b10-9+. The molecule has 0 spiro atoms. The third-order valence-electron chi connectivity index (χ3n) is 3.33. The van der Waals surface area contributed by atoms with Crippen LogP contribution in [-0.2, 0) is 4.79 Å². The van der Waals surface area contributed by atoms with E-state index in [2.05, 4.69) is 26.2 Å². The van der Waals surface area contributed by atoms with E-state index in [0.717, 1.165) is 15.4 Å². The summed E-state index contributed by atoms with van der Waals surface area (Å²) in [4.78, 5) is 26.8. The number of pyridine rings is 1. The van der Waals surface area contributed by atoms with Gasteiger partial charge >= 0.3 is 0 Å². The van der Waals surface area contributed by atoms with Gasteiger partial charge in [0.05, 0.1) is 5.69 Å². The lowest BCUT2D eigenvalue weighted by Gasteiger charge is -2.04. The van der Waals surface area contributed by atoms with Gasteiger partial charge in [-0.2, -0.15) is 0 Å². The summed E-state index contributed by atoms with van der Waals surface area (Å²) in [5.41, 5.74) is 1.65. The number of anilines is 1. The molecule has 3 aromatic rings. The Morgan fingerprint density at radius 3 is 2.65 bits per heavy atom. The molecule has 0 aliphatic heterocycles. The summed E-state index contributed by atoms with van der Waals surface area (Å²) >= 11 is 3.37. The van der Waals surface area contributed by atoms with Crippen molar-refractivity contribution in [3.05, 3.63) is 81.1 Å². The molecule has 2 N–H and O–H groups in total. The molecule has 0 atom stereocenters. The second-order valence-corrected chi connectivity index (χ2v) is 5.80. The number of hydrogen-bond donors (Lipinski definition) is 2. The third-order valence-corrected chi connectivity index (χ3v) is 4.02. The molecule has 5 heteroatoms. The number of H-pyrrole nitrogens is 1. The van der Waals surface area contributed by atoms with E-state index in [0.29, 0.717) is 11.3 Å². The Morgan fingerprint density at radius 2 is 1.83 bits per heavy atom. The van der Waals surface area contributed by atoms with E-state index in [4.69, 9.17) is 0 Å². The van der Waals surface area contributed by atoms with E-state index in [1.54, 1.807) is 12.1 Å². The Kier molecular flexibility index (Phi) is 4.39. The van der Waals surface area contributed by atoms with Gasteiger partial charge < -0.3 is 10.3 Å². The second kappa shape index (κ2) is 6.62. The van der Waals surface area contributed by atoms with Crippen LogP contribution in [0.4, 0.5) is 5.69 Å². The molecule has 0 saturated heterocycles. The number of carbonyl (C=O) groups excluding carboxylic acids is 1. The van der Waals surface area contributed by atoms with Gasteiger partial charge in [0.1, 0.15) is 0 Å². The predicted molar refractivity (Wildman–Crippen MR) is 96.4 cm³/mol. The van der Waals surface area contributed by atoms with Crippen molar-refractivity contribution in [3.63, 3.8) is 0 Å². The molecular weight excluding hydrogens is 356 g/mol. The van der Waals surface area contributed by atoms with Gasteiger partial charge in [-0.1, -0.05) is 30.3 Å². The average Bonchev–Trinajstić information content (AvgIpc) is 2.55. The van der Waals surface area contributed by atoms with Gasteiger partial charge in [0, 0.05) is 21.6 Å². The van der Waals surface area contributed by atoms with Crippen LogP contribution >= 0.6 is 15.9 Å². The number of amides is 1. The van der Waals surface area contributed by atoms with Crippen LogP contribution in [0.1, 0.15) is 5.56 Å². The fourth-order valence-electron chi connectivity index (χ4n) is 2.19. The van der Waals surface area contributed by atoms with Crippen molar-refractivity contribution in [2.24, 2.45) is 0 Å². The minimum absolute atomic E-state index is 0.228. The Labute approximate surface area is 141 Å². The molecule has 0 aliphatic rings. The molecule has 0 unspecified atom stereocenters. The number of carbonyl (C=O) groups is 1. The van der Waals surface area contributed by atoms with Crippen LogP contribution in [-0.4, -0.2) is 10.9 Å². The van der Waals surface area contributed by atoms with Crippen LogP contribution in [0.15, 0.2) is 69.9 Å². The first-order valence-corrected chi connectivity index (χ1v) is 7.78. The zero-order valence-electron chi connectivity index (χ0n) is 12.0. The quantitative estimate of drug-likeness (QED) is 0.687. The normalized spacial score (nSPS) is 11.0. The Morgan fingerprint density at radius 1 is 1.09 bits per heavy atom. The second-order valence-electron chi connectivity index (χ2n) is 4.94. The highest BCUT2D eigenvalue weighted by Gasteiger charge is 2.03. The number of rotatable bonds is 3. The van der Waals surface area contributed by atoms with Crippen molar-refractivity contribution < 1.29 is 4.79 Å².